The van der Waals surface area contributed by atoms with Gasteiger partial charge in [-0.05, 0) is 59.2 Å². The summed E-state index contributed by atoms with van der Waals surface area (Å²) in [5.41, 5.74) is 6.30. The van der Waals surface area contributed by atoms with Crippen LogP contribution in [0.3, 0.4) is 0 Å². The summed E-state index contributed by atoms with van der Waals surface area (Å²) in [6.07, 6.45) is 2.12. The SMILES string of the molecule is COc1ccc(CNC(=O)CN2C(c3ccc(C)cc3)=CC(c3ccc(C)cc3)n3nnnc32)cc1. The Morgan fingerprint density at radius 1 is 0.944 bits per heavy atom. The van der Waals surface area contributed by atoms with Gasteiger partial charge >= 0.3 is 0 Å². The average Bonchev–Trinajstić information content (AvgIpc) is 3.39. The van der Waals surface area contributed by atoms with E-state index in [0.29, 0.717) is 12.5 Å². The summed E-state index contributed by atoms with van der Waals surface area (Å²) in [5.74, 6) is 1.17. The number of aryl methyl sites for hydroxylation is 2. The summed E-state index contributed by atoms with van der Waals surface area (Å²) < 4.78 is 6.97. The monoisotopic (exact) mass is 480 g/mol. The second kappa shape index (κ2) is 10.0. The summed E-state index contributed by atoms with van der Waals surface area (Å²) in [6.45, 7) is 4.61. The maximum absolute atomic E-state index is 13.1. The van der Waals surface area contributed by atoms with Gasteiger partial charge in [-0.1, -0.05) is 76.9 Å². The Bertz CT molecular complexity index is 1380. The second-order valence-electron chi connectivity index (χ2n) is 8.91. The van der Waals surface area contributed by atoms with Crippen LogP contribution in [0.1, 0.15) is 33.9 Å². The number of hydrogen-bond donors (Lipinski definition) is 1. The van der Waals surface area contributed by atoms with Gasteiger partial charge in [0, 0.05) is 6.54 Å². The van der Waals surface area contributed by atoms with Crippen molar-refractivity contribution in [3.8, 4) is 5.75 Å². The lowest BCUT2D eigenvalue weighted by atomic mass is 9.99. The lowest BCUT2D eigenvalue weighted by Gasteiger charge is -2.32. The number of anilines is 1. The first-order valence-electron chi connectivity index (χ1n) is 11.8. The molecule has 1 amide bonds. The Labute approximate surface area is 210 Å². The fourth-order valence-electron chi connectivity index (χ4n) is 4.24. The molecule has 36 heavy (non-hydrogen) atoms. The normalized spacial score (nSPS) is 14.7. The maximum Gasteiger partial charge on any atom is 0.251 e. The van der Waals surface area contributed by atoms with Crippen LogP contribution < -0.4 is 15.0 Å². The second-order valence-corrected chi connectivity index (χ2v) is 8.91. The van der Waals surface area contributed by atoms with Crippen LogP contribution in [0.2, 0.25) is 0 Å². The first-order chi connectivity index (χ1) is 17.5. The van der Waals surface area contributed by atoms with E-state index in [2.05, 4.69) is 89.3 Å². The molecule has 0 spiro atoms. The van der Waals surface area contributed by atoms with Crippen molar-refractivity contribution in [2.45, 2.75) is 26.4 Å². The predicted molar refractivity (Wildman–Crippen MR) is 138 cm³/mol. The van der Waals surface area contributed by atoms with Crippen LogP contribution in [0.4, 0.5) is 5.95 Å². The highest BCUT2D eigenvalue weighted by Gasteiger charge is 2.31. The van der Waals surface area contributed by atoms with Gasteiger partial charge in [-0.25, -0.2) is 0 Å². The summed E-state index contributed by atoms with van der Waals surface area (Å²) in [5, 5.41) is 15.5. The Balaban J connectivity index is 1.44. The number of nitrogens with one attached hydrogen (secondary N) is 1. The highest BCUT2D eigenvalue weighted by atomic mass is 16.5. The van der Waals surface area contributed by atoms with E-state index in [4.69, 9.17) is 4.74 Å². The minimum absolute atomic E-state index is 0.0802. The van der Waals surface area contributed by atoms with Gasteiger partial charge < -0.3 is 10.1 Å². The Morgan fingerprint density at radius 2 is 1.61 bits per heavy atom. The van der Waals surface area contributed by atoms with Gasteiger partial charge in [0.2, 0.25) is 5.91 Å². The molecule has 4 aromatic rings. The third-order valence-electron chi connectivity index (χ3n) is 6.30. The number of fused-ring (bicyclic) bond motifs is 1. The summed E-state index contributed by atoms with van der Waals surface area (Å²) >= 11 is 0. The van der Waals surface area contributed by atoms with Gasteiger partial charge in [0.1, 0.15) is 18.3 Å². The van der Waals surface area contributed by atoms with Crippen LogP contribution in [-0.2, 0) is 11.3 Å². The maximum atomic E-state index is 13.1. The molecule has 1 atom stereocenters. The van der Waals surface area contributed by atoms with Crippen molar-refractivity contribution >= 4 is 17.6 Å². The van der Waals surface area contributed by atoms with Crippen LogP contribution in [0, 0.1) is 13.8 Å². The van der Waals surface area contributed by atoms with Gasteiger partial charge in [0.15, 0.2) is 0 Å². The van der Waals surface area contributed by atoms with Crippen molar-refractivity contribution in [2.75, 3.05) is 18.6 Å². The lowest BCUT2D eigenvalue weighted by Crippen LogP contribution is -2.39. The molecule has 8 nitrogen and oxygen atoms in total. The number of rotatable bonds is 7. The molecular formula is C28H28N6O2. The molecule has 0 saturated heterocycles. The number of amides is 1. The third kappa shape index (κ3) is 4.84. The van der Waals surface area contributed by atoms with E-state index in [0.717, 1.165) is 28.1 Å². The summed E-state index contributed by atoms with van der Waals surface area (Å²) in [4.78, 5) is 15.0. The number of benzene rings is 3. The third-order valence-corrected chi connectivity index (χ3v) is 6.30. The molecule has 1 aromatic heterocycles. The zero-order valence-corrected chi connectivity index (χ0v) is 20.5. The van der Waals surface area contributed by atoms with Crippen LogP contribution in [0.15, 0.2) is 78.9 Å². The fourth-order valence-corrected chi connectivity index (χ4v) is 4.24. The van der Waals surface area contributed by atoms with E-state index in [9.17, 15) is 4.79 Å². The van der Waals surface area contributed by atoms with Gasteiger partial charge in [0.05, 0.1) is 12.8 Å². The zero-order valence-electron chi connectivity index (χ0n) is 20.5. The van der Waals surface area contributed by atoms with E-state index in [1.54, 1.807) is 11.8 Å². The number of ether oxygens (including phenoxy) is 1. The molecule has 0 fully saturated rings. The van der Waals surface area contributed by atoms with Gasteiger partial charge in [-0.2, -0.15) is 4.68 Å². The van der Waals surface area contributed by atoms with E-state index >= 15 is 0 Å². The van der Waals surface area contributed by atoms with Gasteiger partial charge in [-0.15, -0.1) is 0 Å². The van der Waals surface area contributed by atoms with Crippen molar-refractivity contribution in [1.29, 1.82) is 0 Å². The molecule has 1 N–H and O–H groups in total. The molecule has 2 heterocycles. The van der Waals surface area contributed by atoms with Gasteiger partial charge in [0.25, 0.3) is 5.95 Å². The number of allylic oxidation sites excluding steroid dienone is 1. The number of tetrazole rings is 1. The minimum Gasteiger partial charge on any atom is -0.497 e. The van der Waals surface area contributed by atoms with E-state index in [1.165, 1.54) is 11.1 Å². The Kier molecular flexibility index (Phi) is 6.49. The molecule has 0 radical (unpaired) electrons. The number of aromatic nitrogens is 4. The average molecular weight is 481 g/mol. The molecule has 0 aliphatic carbocycles. The number of hydrogen-bond acceptors (Lipinski definition) is 6. The molecule has 182 valence electrons. The van der Waals surface area contributed by atoms with Crippen molar-refractivity contribution < 1.29 is 9.53 Å². The van der Waals surface area contributed by atoms with E-state index in [1.807, 2.05) is 29.2 Å². The highest BCUT2D eigenvalue weighted by molar-refractivity contribution is 5.89. The first kappa shape index (κ1) is 23.3. The van der Waals surface area contributed by atoms with Crippen LogP contribution in [-0.4, -0.2) is 39.8 Å². The minimum atomic E-state index is -0.189. The van der Waals surface area contributed by atoms with E-state index < -0.39 is 0 Å². The molecule has 1 aliphatic heterocycles. The van der Waals surface area contributed by atoms with Crippen molar-refractivity contribution in [3.05, 3.63) is 107 Å². The van der Waals surface area contributed by atoms with Crippen LogP contribution >= 0.6 is 0 Å². The summed E-state index contributed by atoms with van der Waals surface area (Å²) in [6, 6.07) is 24.0. The molecule has 0 saturated carbocycles. The van der Waals surface area contributed by atoms with Crippen LogP contribution in [0.25, 0.3) is 5.70 Å². The number of carbonyl (C=O) groups excluding carboxylic acids is 1. The van der Waals surface area contributed by atoms with Crippen molar-refractivity contribution in [2.24, 2.45) is 0 Å². The quantitative estimate of drug-likeness (QED) is 0.429. The lowest BCUT2D eigenvalue weighted by molar-refractivity contribution is -0.119. The molecule has 1 aliphatic rings. The Hall–Kier alpha value is -4.46. The van der Waals surface area contributed by atoms with E-state index in [-0.39, 0.29) is 18.5 Å². The first-order valence-corrected chi connectivity index (χ1v) is 11.8. The largest absolute Gasteiger partial charge is 0.497 e. The highest BCUT2D eigenvalue weighted by Crippen LogP contribution is 2.36. The molecule has 0 bridgehead atoms. The summed E-state index contributed by atoms with van der Waals surface area (Å²) in [7, 11) is 1.63. The number of carbonyl (C=O) groups is 1. The van der Waals surface area contributed by atoms with Crippen LogP contribution in [0.5, 0.6) is 5.75 Å². The standard InChI is InChI=1S/C28H28N6O2/c1-19-4-10-22(11-5-19)25-16-26(23-12-6-20(2)7-13-23)34-28(30-31-32-34)33(25)18-27(35)29-17-21-8-14-24(36-3)15-9-21/h4-16,26H,17-18H2,1-3H3,(H,29,35). The van der Waals surface area contributed by atoms with Gasteiger partial charge in [-0.3, -0.25) is 9.69 Å². The molecular weight excluding hydrogens is 452 g/mol. The fraction of sp³-hybridized carbons (Fsp3) is 0.214. The van der Waals surface area contributed by atoms with Crippen molar-refractivity contribution in [1.82, 2.24) is 25.5 Å². The topological polar surface area (TPSA) is 85.2 Å². The number of nitrogens with zero attached hydrogens (tertiary/aromatic N) is 5. The Morgan fingerprint density at radius 3 is 2.28 bits per heavy atom. The zero-order chi connectivity index (χ0) is 25.1. The smallest absolute Gasteiger partial charge is 0.251 e. The molecule has 8 heteroatoms. The molecule has 1 unspecified atom stereocenters. The predicted octanol–water partition coefficient (Wildman–Crippen LogP) is 4.07. The molecule has 3 aromatic carbocycles. The molecule has 5 rings (SSSR count). The van der Waals surface area contributed by atoms with Crippen molar-refractivity contribution in [3.63, 3.8) is 0 Å². The number of methoxy groups -OCH3 is 1.